The zero-order valence-corrected chi connectivity index (χ0v) is 35.5. The fraction of sp³-hybridized carbons (Fsp3) is 0.611. The topological polar surface area (TPSA) is 294 Å². The Morgan fingerprint density at radius 2 is 1.42 bits per heavy atom. The van der Waals surface area contributed by atoms with E-state index in [1.165, 1.54) is 16.4 Å². The van der Waals surface area contributed by atoms with Crippen molar-refractivity contribution >= 4 is 69.9 Å². The maximum absolute atomic E-state index is 12.7. The molecule has 0 bridgehead atoms. The third-order valence-corrected chi connectivity index (χ3v) is 8.86. The Morgan fingerprint density at radius 1 is 0.883 bits per heavy atom. The van der Waals surface area contributed by atoms with E-state index in [0.717, 1.165) is 33.2 Å². The van der Waals surface area contributed by atoms with E-state index in [2.05, 4.69) is 19.8 Å². The van der Waals surface area contributed by atoms with E-state index in [1.807, 2.05) is 13.8 Å². The number of nitrogens with zero attached hydrogens (tertiary/aromatic N) is 3. The molecule has 0 saturated carbocycles. The van der Waals surface area contributed by atoms with Gasteiger partial charge in [-0.15, -0.1) is 11.3 Å². The zero-order chi connectivity index (χ0) is 44.0. The molecular weight excluding hydrogens is 835 g/mol. The molecule has 0 aromatic carbocycles. The second-order valence-corrected chi connectivity index (χ2v) is 14.0. The van der Waals surface area contributed by atoms with Crippen molar-refractivity contribution in [1.29, 1.82) is 0 Å². The molecule has 0 saturated heterocycles. The van der Waals surface area contributed by atoms with Crippen LogP contribution in [0.5, 0.6) is 0 Å². The molecule has 3 rings (SSSR count). The largest absolute Gasteiger partial charge is 0.760 e. The number of amides is 5. The summed E-state index contributed by atoms with van der Waals surface area (Å²) < 4.78 is 60.0. The molecule has 0 radical (unpaired) electrons. The number of hydrogen-bond donors (Lipinski definition) is 4. The molecule has 2 aliphatic heterocycles. The minimum Gasteiger partial charge on any atom is -0.760 e. The summed E-state index contributed by atoms with van der Waals surface area (Å²) in [4.78, 5) is 69.6. The standard InChI is InChI=1S/C21H35N3O11.C15H22N4O4S2/c22-21(28)35-16-15-34-14-13-33-12-11-32-10-9-31-8-7-30-6-5-29-4-3-23-18(25)17-24-19(26)1-2-20(24)27;1-3-5-19(23-4-2)15(20)10-6-13-12(18-14(16)7-10)8-11(24-13)9-17-25(21)22/h1-2H,3-17H2,(H2,22,28)(H,23,25);6,8,17H,3-5,7,9H2,1-2H3,(H2,16,18)(H,21,22)/p-1. The second-order valence-electron chi connectivity index (χ2n) is 12.1. The van der Waals surface area contributed by atoms with Crippen molar-refractivity contribution in [2.45, 2.75) is 33.2 Å². The smallest absolute Gasteiger partial charge is 0.404 e. The van der Waals surface area contributed by atoms with Crippen molar-refractivity contribution < 1.29 is 70.7 Å². The fourth-order valence-corrected chi connectivity index (χ4v) is 6.16. The monoisotopic (exact) mass is 890 g/mol. The van der Waals surface area contributed by atoms with Gasteiger partial charge in [0.1, 0.15) is 19.0 Å². The van der Waals surface area contributed by atoms with E-state index >= 15 is 0 Å². The first kappa shape index (κ1) is 51.9. The summed E-state index contributed by atoms with van der Waals surface area (Å²) in [6.45, 7) is 9.60. The minimum absolute atomic E-state index is 0.118. The van der Waals surface area contributed by atoms with E-state index in [4.69, 9.17) is 44.7 Å². The van der Waals surface area contributed by atoms with Crippen LogP contribution in [0.4, 0.5) is 10.5 Å². The SMILES string of the molecule is CCCN(OCC)C(=O)C1=Cc2sc(CNS(=O)[O-])cc2N=C(N)C1.NC(=O)OCCOCCOCCOCCOCCOCCOCCNC(=O)CN1C(=O)C=CC1=O. The van der Waals surface area contributed by atoms with E-state index < -0.39 is 35.1 Å². The van der Waals surface area contributed by atoms with Crippen molar-refractivity contribution in [3.8, 4) is 0 Å². The number of fused-ring (bicyclic) bond motifs is 1. The number of hydroxylamine groups is 2. The van der Waals surface area contributed by atoms with Gasteiger partial charge in [0.25, 0.3) is 17.7 Å². The lowest BCUT2D eigenvalue weighted by Gasteiger charge is -2.21. The van der Waals surface area contributed by atoms with Crippen LogP contribution in [0.3, 0.4) is 0 Å². The average molecular weight is 891 g/mol. The number of rotatable bonds is 31. The number of nitrogens with one attached hydrogen (secondary N) is 2. The molecule has 1 aromatic rings. The Balaban J connectivity index is 0.000000436. The van der Waals surface area contributed by atoms with E-state index in [-0.39, 0.29) is 51.8 Å². The van der Waals surface area contributed by atoms with E-state index in [1.54, 1.807) is 12.1 Å². The summed E-state index contributed by atoms with van der Waals surface area (Å²) in [6.07, 6.45) is 4.21. The number of thiophene rings is 1. The normalized spacial score (nSPS) is 13.8. The van der Waals surface area contributed by atoms with Crippen molar-refractivity contribution in [2.75, 3.05) is 112 Å². The quantitative estimate of drug-likeness (QED) is 0.0325. The van der Waals surface area contributed by atoms with Crippen molar-refractivity contribution in [3.05, 3.63) is 33.5 Å². The van der Waals surface area contributed by atoms with Crippen molar-refractivity contribution in [3.63, 3.8) is 0 Å². The summed E-state index contributed by atoms with van der Waals surface area (Å²) in [6, 6.07) is 1.77. The van der Waals surface area contributed by atoms with Crippen LogP contribution in [0.15, 0.2) is 28.8 Å². The van der Waals surface area contributed by atoms with Gasteiger partial charge in [-0.2, -0.15) is 0 Å². The summed E-state index contributed by atoms with van der Waals surface area (Å²) in [7, 11) is 0. The van der Waals surface area contributed by atoms with Crippen LogP contribution in [0.2, 0.25) is 0 Å². The Morgan fingerprint density at radius 3 is 1.92 bits per heavy atom. The maximum Gasteiger partial charge on any atom is 0.404 e. The summed E-state index contributed by atoms with van der Waals surface area (Å²) in [5.74, 6) is -1.32. The Kier molecular flexibility index (Phi) is 27.4. The highest BCUT2D eigenvalue weighted by atomic mass is 32.2. The molecule has 6 N–H and O–H groups in total. The number of carbonyl (C=O) groups excluding carboxylic acids is 5. The van der Waals surface area contributed by atoms with Crippen LogP contribution in [-0.4, -0.2) is 166 Å². The maximum atomic E-state index is 12.7. The average Bonchev–Trinajstić information content (AvgIpc) is 3.69. The zero-order valence-electron chi connectivity index (χ0n) is 33.9. The lowest BCUT2D eigenvalue weighted by molar-refractivity contribution is -0.180. The number of primary amides is 1. The minimum atomic E-state index is -2.33. The van der Waals surface area contributed by atoms with Gasteiger partial charge in [0, 0.05) is 59.9 Å². The summed E-state index contributed by atoms with van der Waals surface area (Å²) >= 11 is -0.968. The van der Waals surface area contributed by atoms with Crippen molar-refractivity contribution in [2.24, 2.45) is 16.5 Å². The predicted molar refractivity (Wildman–Crippen MR) is 217 cm³/mol. The fourth-order valence-electron chi connectivity index (χ4n) is 4.79. The van der Waals surface area contributed by atoms with Gasteiger partial charge in [0.05, 0.1) is 96.5 Å². The van der Waals surface area contributed by atoms with Gasteiger partial charge in [-0.1, -0.05) is 6.92 Å². The van der Waals surface area contributed by atoms with Crippen molar-refractivity contribution in [1.82, 2.24) is 20.0 Å². The van der Waals surface area contributed by atoms with E-state index in [0.29, 0.717) is 96.3 Å². The Hall–Kier alpha value is -4.21. The number of carbonyl (C=O) groups is 5. The van der Waals surface area contributed by atoms with Crippen LogP contribution >= 0.6 is 11.3 Å². The van der Waals surface area contributed by atoms with Gasteiger partial charge in [-0.05, 0) is 25.5 Å². The first-order valence-corrected chi connectivity index (χ1v) is 21.0. The van der Waals surface area contributed by atoms with Crippen LogP contribution < -0.4 is 21.5 Å². The number of ether oxygens (including phenoxy) is 7. The lowest BCUT2D eigenvalue weighted by atomic mass is 10.1. The van der Waals surface area contributed by atoms with Crippen LogP contribution in [0.1, 0.15) is 36.4 Å². The third kappa shape index (κ3) is 23.0. The molecular formula is C36H56N7O15S2-. The molecule has 1 atom stereocenters. The molecule has 2 aliphatic rings. The molecule has 22 nitrogen and oxygen atoms in total. The van der Waals surface area contributed by atoms with Crippen LogP contribution in [0, 0.1) is 0 Å². The van der Waals surface area contributed by atoms with Crippen LogP contribution in [0.25, 0.3) is 6.08 Å². The molecule has 1 aromatic heterocycles. The molecule has 5 amide bonds. The van der Waals surface area contributed by atoms with E-state index in [9.17, 15) is 32.7 Å². The number of nitrogens with two attached hydrogens (primary N) is 2. The molecule has 24 heteroatoms. The molecule has 0 fully saturated rings. The molecule has 0 aliphatic carbocycles. The Bertz CT molecular complexity index is 1580. The second kappa shape index (κ2) is 31.6. The lowest BCUT2D eigenvalue weighted by Crippen LogP contribution is -2.41. The van der Waals surface area contributed by atoms with Gasteiger partial charge in [-0.3, -0.25) is 33.1 Å². The predicted octanol–water partition coefficient (Wildman–Crippen LogP) is -0.180. The molecule has 338 valence electrons. The third-order valence-electron chi connectivity index (χ3n) is 7.41. The number of aliphatic imine (C=N–C) groups is 1. The first-order valence-electron chi connectivity index (χ1n) is 19.1. The summed E-state index contributed by atoms with van der Waals surface area (Å²) in [5, 5.41) is 3.92. The molecule has 0 spiro atoms. The Labute approximate surface area is 355 Å². The molecule has 1 unspecified atom stereocenters. The van der Waals surface area contributed by atoms with Gasteiger partial charge >= 0.3 is 6.09 Å². The number of hydrogen-bond acceptors (Lipinski definition) is 18. The highest BCUT2D eigenvalue weighted by molar-refractivity contribution is 7.77. The van der Waals surface area contributed by atoms with Crippen LogP contribution in [-0.2, 0) is 75.0 Å². The highest BCUT2D eigenvalue weighted by Gasteiger charge is 2.25. The first-order chi connectivity index (χ1) is 28.9. The number of imide groups is 1. The molecule has 3 heterocycles. The van der Waals surface area contributed by atoms with Gasteiger partial charge < -0.3 is 54.5 Å². The summed E-state index contributed by atoms with van der Waals surface area (Å²) in [5.41, 5.74) is 11.9. The molecule has 60 heavy (non-hydrogen) atoms. The number of amidine groups is 1. The van der Waals surface area contributed by atoms with Gasteiger partial charge in [0.15, 0.2) is 0 Å². The highest BCUT2D eigenvalue weighted by Crippen LogP contribution is 2.35. The van der Waals surface area contributed by atoms with Gasteiger partial charge in [0.2, 0.25) is 5.91 Å². The van der Waals surface area contributed by atoms with Gasteiger partial charge in [-0.25, -0.2) is 19.6 Å².